The Kier molecular flexibility index (Phi) is 5.38. The van der Waals surface area contributed by atoms with E-state index < -0.39 is 5.56 Å². The summed E-state index contributed by atoms with van der Waals surface area (Å²) < 4.78 is 6.73. The van der Waals surface area contributed by atoms with Crippen LogP contribution in [0.2, 0.25) is 0 Å². The molecule has 1 aliphatic heterocycles. The summed E-state index contributed by atoms with van der Waals surface area (Å²) in [5.74, 6) is -0.346. The van der Waals surface area contributed by atoms with Crippen LogP contribution in [-0.2, 0) is 11.3 Å². The lowest BCUT2D eigenvalue weighted by Gasteiger charge is -2.16. The van der Waals surface area contributed by atoms with Gasteiger partial charge in [-0.25, -0.2) is 0 Å². The smallest absolute Gasteiger partial charge is 0.281 e. The summed E-state index contributed by atoms with van der Waals surface area (Å²) in [5, 5.41) is 28.3. The summed E-state index contributed by atoms with van der Waals surface area (Å²) >= 11 is 0. The quantitative estimate of drug-likeness (QED) is 0.828. The molecule has 0 spiro atoms. The topological polar surface area (TPSA) is 100.0 Å². The molecule has 0 radical (unpaired) electrons. The number of rotatable bonds is 4. The fraction of sp³-hybridized carbons (Fsp3) is 0.400. The van der Waals surface area contributed by atoms with Crippen LogP contribution in [0.4, 0.5) is 11.4 Å². The van der Waals surface area contributed by atoms with E-state index in [-0.39, 0.29) is 29.8 Å². The highest BCUT2D eigenvalue weighted by Crippen LogP contribution is 2.29. The van der Waals surface area contributed by atoms with E-state index in [9.17, 15) is 15.2 Å². The van der Waals surface area contributed by atoms with Crippen molar-refractivity contribution in [1.82, 2.24) is 4.57 Å². The van der Waals surface area contributed by atoms with Gasteiger partial charge in [-0.1, -0.05) is 18.2 Å². The van der Waals surface area contributed by atoms with Crippen molar-refractivity contribution >= 4 is 11.4 Å². The minimum absolute atomic E-state index is 0.0306. The number of nitriles is 1. The molecule has 140 valence electrons. The number of azo groups is 1. The highest BCUT2D eigenvalue weighted by atomic mass is 16.5. The van der Waals surface area contributed by atoms with Gasteiger partial charge in [0.05, 0.1) is 18.3 Å². The summed E-state index contributed by atoms with van der Waals surface area (Å²) in [5.41, 5.74) is 2.50. The van der Waals surface area contributed by atoms with Gasteiger partial charge in [0.2, 0.25) is 5.88 Å². The first-order chi connectivity index (χ1) is 12.9. The van der Waals surface area contributed by atoms with E-state index >= 15 is 0 Å². The zero-order valence-corrected chi connectivity index (χ0v) is 15.7. The van der Waals surface area contributed by atoms with Gasteiger partial charge in [-0.05, 0) is 44.7 Å². The van der Waals surface area contributed by atoms with E-state index in [2.05, 4.69) is 10.2 Å². The number of aromatic nitrogens is 1. The molecule has 1 saturated heterocycles. The molecular weight excluding hydrogens is 344 g/mol. The third-order valence-corrected chi connectivity index (χ3v) is 4.87. The molecule has 7 nitrogen and oxygen atoms in total. The van der Waals surface area contributed by atoms with Gasteiger partial charge >= 0.3 is 0 Å². The molecule has 1 aromatic carbocycles. The van der Waals surface area contributed by atoms with Gasteiger partial charge in [-0.2, -0.15) is 5.26 Å². The molecule has 2 aromatic rings. The van der Waals surface area contributed by atoms with Crippen molar-refractivity contribution in [3.8, 4) is 11.9 Å². The van der Waals surface area contributed by atoms with Crippen LogP contribution in [-0.4, -0.2) is 22.4 Å². The van der Waals surface area contributed by atoms with Gasteiger partial charge < -0.3 is 9.84 Å². The van der Waals surface area contributed by atoms with Gasteiger partial charge in [0.25, 0.3) is 5.56 Å². The van der Waals surface area contributed by atoms with Crippen molar-refractivity contribution in [2.24, 2.45) is 10.2 Å². The zero-order chi connectivity index (χ0) is 19.6. The number of pyridine rings is 1. The molecule has 1 fully saturated rings. The predicted molar refractivity (Wildman–Crippen MR) is 101 cm³/mol. The fourth-order valence-corrected chi connectivity index (χ4v) is 3.28. The molecule has 1 aromatic heterocycles. The van der Waals surface area contributed by atoms with Crippen LogP contribution >= 0.6 is 0 Å². The number of hydrogen-bond acceptors (Lipinski definition) is 6. The third-order valence-electron chi connectivity index (χ3n) is 4.87. The molecule has 0 bridgehead atoms. The van der Waals surface area contributed by atoms with E-state index in [1.165, 1.54) is 4.57 Å². The van der Waals surface area contributed by atoms with Crippen LogP contribution < -0.4 is 5.56 Å². The maximum absolute atomic E-state index is 12.9. The minimum atomic E-state index is -0.477. The first-order valence-electron chi connectivity index (χ1n) is 8.90. The second kappa shape index (κ2) is 7.72. The lowest BCUT2D eigenvalue weighted by atomic mass is 10.1. The van der Waals surface area contributed by atoms with Gasteiger partial charge in [-0.3, -0.25) is 9.36 Å². The zero-order valence-electron chi connectivity index (χ0n) is 15.7. The van der Waals surface area contributed by atoms with E-state index in [1.807, 2.05) is 38.1 Å². The number of nitrogens with zero attached hydrogens (tertiary/aromatic N) is 4. The average Bonchev–Trinajstić information content (AvgIpc) is 3.14. The standard InChI is InChI=1S/C20H22N4O3/c1-12-6-4-7-13(2)17(12)22-23-18-14(3)16(10-21)19(25)24(20(18)26)11-15-8-5-9-27-15/h4,6-7,15,25H,5,8-9,11H2,1-3H3. The second-order valence-corrected chi connectivity index (χ2v) is 6.78. The van der Waals surface area contributed by atoms with Crippen molar-refractivity contribution in [2.45, 2.75) is 46.3 Å². The Balaban J connectivity index is 2.10. The molecular formula is C20H22N4O3. The van der Waals surface area contributed by atoms with Crippen LogP contribution in [0.1, 0.15) is 35.1 Å². The highest BCUT2D eigenvalue weighted by Gasteiger charge is 2.23. The van der Waals surface area contributed by atoms with Gasteiger partial charge in [-0.15, -0.1) is 10.2 Å². The van der Waals surface area contributed by atoms with Crippen molar-refractivity contribution in [3.63, 3.8) is 0 Å². The van der Waals surface area contributed by atoms with Crippen LogP contribution in [0.5, 0.6) is 5.88 Å². The molecule has 1 atom stereocenters. The summed E-state index contributed by atoms with van der Waals surface area (Å²) in [4.78, 5) is 12.9. The number of benzene rings is 1. The Morgan fingerprint density at radius 3 is 2.52 bits per heavy atom. The van der Waals surface area contributed by atoms with Crippen LogP contribution in [0.25, 0.3) is 0 Å². The Morgan fingerprint density at radius 2 is 1.93 bits per heavy atom. The van der Waals surface area contributed by atoms with Crippen molar-refractivity contribution in [2.75, 3.05) is 6.61 Å². The molecule has 7 heteroatoms. The number of aromatic hydroxyl groups is 1. The molecule has 0 aliphatic carbocycles. The first-order valence-corrected chi connectivity index (χ1v) is 8.90. The normalized spacial score (nSPS) is 16.7. The fourth-order valence-electron chi connectivity index (χ4n) is 3.28. The number of hydrogen-bond donors (Lipinski definition) is 1. The second-order valence-electron chi connectivity index (χ2n) is 6.78. The third kappa shape index (κ3) is 3.62. The lowest BCUT2D eigenvalue weighted by Crippen LogP contribution is -2.27. The van der Waals surface area contributed by atoms with Crippen molar-refractivity contribution in [3.05, 3.63) is 50.8 Å². The maximum atomic E-state index is 12.9. The minimum Gasteiger partial charge on any atom is -0.493 e. The van der Waals surface area contributed by atoms with Gasteiger partial charge in [0.15, 0.2) is 5.69 Å². The monoisotopic (exact) mass is 366 g/mol. The molecule has 1 unspecified atom stereocenters. The lowest BCUT2D eigenvalue weighted by molar-refractivity contribution is 0.0939. The molecule has 2 heterocycles. The summed E-state index contributed by atoms with van der Waals surface area (Å²) in [6.45, 7) is 6.25. The van der Waals surface area contributed by atoms with Crippen LogP contribution in [0.3, 0.4) is 0 Å². The molecule has 0 amide bonds. The molecule has 27 heavy (non-hydrogen) atoms. The Morgan fingerprint density at radius 1 is 1.26 bits per heavy atom. The van der Waals surface area contributed by atoms with Gasteiger partial charge in [0, 0.05) is 12.2 Å². The van der Waals surface area contributed by atoms with Crippen molar-refractivity contribution < 1.29 is 9.84 Å². The van der Waals surface area contributed by atoms with Crippen molar-refractivity contribution in [1.29, 1.82) is 5.26 Å². The van der Waals surface area contributed by atoms with E-state index in [0.29, 0.717) is 17.9 Å². The summed E-state index contributed by atoms with van der Waals surface area (Å²) in [7, 11) is 0. The Labute approximate surface area is 157 Å². The maximum Gasteiger partial charge on any atom is 0.281 e. The summed E-state index contributed by atoms with van der Waals surface area (Å²) in [6.07, 6.45) is 1.56. The van der Waals surface area contributed by atoms with Gasteiger partial charge in [0.1, 0.15) is 11.6 Å². The number of aryl methyl sites for hydroxylation is 2. The SMILES string of the molecule is Cc1cccc(C)c1N=Nc1c(C)c(C#N)c(O)n(CC2CCCO2)c1=O. The van der Waals surface area contributed by atoms with E-state index in [1.54, 1.807) is 6.92 Å². The predicted octanol–water partition coefficient (Wildman–Crippen LogP) is 3.95. The molecule has 0 saturated carbocycles. The van der Waals surface area contributed by atoms with Crippen LogP contribution in [0.15, 0.2) is 33.2 Å². The molecule has 1 aliphatic rings. The Hall–Kier alpha value is -2.98. The average molecular weight is 366 g/mol. The number of ether oxygens (including phenoxy) is 1. The highest BCUT2D eigenvalue weighted by molar-refractivity contribution is 5.57. The molecule has 1 N–H and O–H groups in total. The van der Waals surface area contributed by atoms with E-state index in [0.717, 1.165) is 24.0 Å². The van der Waals surface area contributed by atoms with Crippen LogP contribution in [0, 0.1) is 32.1 Å². The summed E-state index contributed by atoms with van der Waals surface area (Å²) in [6, 6.07) is 7.73. The van der Waals surface area contributed by atoms with E-state index in [4.69, 9.17) is 4.74 Å². The Bertz CT molecular complexity index is 976. The first kappa shape index (κ1) is 18.8. The molecule has 3 rings (SSSR count). The largest absolute Gasteiger partial charge is 0.493 e.